The summed E-state index contributed by atoms with van der Waals surface area (Å²) in [5.74, 6) is 1.09. The summed E-state index contributed by atoms with van der Waals surface area (Å²) in [6, 6.07) is 16.5. The van der Waals surface area contributed by atoms with E-state index in [0.29, 0.717) is 71.0 Å². The van der Waals surface area contributed by atoms with Gasteiger partial charge < -0.3 is 28.8 Å². The van der Waals surface area contributed by atoms with Crippen molar-refractivity contribution in [2.75, 3.05) is 40.9 Å². The first kappa shape index (κ1) is 27.7. The molecule has 0 saturated carbocycles. The number of likely N-dealkylation sites (tertiary alicyclic amines) is 1. The number of aliphatic hydroxyl groups excluding tert-OH is 1. The third-order valence-electron chi connectivity index (χ3n) is 7.17. The number of carbonyl (C=O) groups excluding carboxylic acids is 2. The van der Waals surface area contributed by atoms with Crippen molar-refractivity contribution in [2.45, 2.75) is 18.9 Å². The van der Waals surface area contributed by atoms with Crippen LogP contribution in [-0.4, -0.2) is 78.7 Å². The van der Waals surface area contributed by atoms with E-state index in [2.05, 4.69) is 11.1 Å². The van der Waals surface area contributed by atoms with Crippen LogP contribution in [0.3, 0.4) is 0 Å². The summed E-state index contributed by atoms with van der Waals surface area (Å²) in [5.41, 5.74) is 4.28. The number of benzene rings is 2. The Morgan fingerprint density at radius 3 is 2.56 bits per heavy atom. The topological polar surface area (TPSA) is 129 Å². The van der Waals surface area contributed by atoms with E-state index in [1.807, 2.05) is 18.2 Å². The molecule has 0 unspecified atom stereocenters. The average molecular weight is 555 g/mol. The van der Waals surface area contributed by atoms with Gasteiger partial charge in [-0.1, -0.05) is 6.07 Å². The molecule has 41 heavy (non-hydrogen) atoms. The molecule has 2 aromatic carbocycles. The number of aliphatic hydroxyl groups is 1. The number of piperidine rings is 1. The number of hydrogen-bond donors (Lipinski definition) is 1. The Hall–Kier alpha value is -4.88. The first-order valence-electron chi connectivity index (χ1n) is 13.2. The van der Waals surface area contributed by atoms with Crippen LogP contribution in [0.25, 0.3) is 33.6 Å². The van der Waals surface area contributed by atoms with Gasteiger partial charge in [-0.05, 0) is 42.0 Å². The van der Waals surface area contributed by atoms with Gasteiger partial charge in [0, 0.05) is 63.4 Å². The number of nitriles is 1. The van der Waals surface area contributed by atoms with Crippen LogP contribution in [0.2, 0.25) is 0 Å². The molecule has 1 fully saturated rings. The average Bonchev–Trinajstić information content (AvgIpc) is 3.45. The van der Waals surface area contributed by atoms with Crippen LogP contribution >= 0.6 is 0 Å². The maximum absolute atomic E-state index is 12.4. The molecule has 2 amide bonds. The summed E-state index contributed by atoms with van der Waals surface area (Å²) in [7, 11) is 4.93. The first-order chi connectivity index (χ1) is 19.8. The largest absolute Gasteiger partial charge is 0.496 e. The van der Waals surface area contributed by atoms with Crippen LogP contribution in [0.15, 0.2) is 59.1 Å². The van der Waals surface area contributed by atoms with Gasteiger partial charge in [0.1, 0.15) is 41.6 Å². The van der Waals surface area contributed by atoms with Gasteiger partial charge in [-0.3, -0.25) is 14.6 Å². The summed E-state index contributed by atoms with van der Waals surface area (Å²) in [6.07, 6.45) is 2.79. The van der Waals surface area contributed by atoms with E-state index in [9.17, 15) is 14.9 Å². The van der Waals surface area contributed by atoms with Gasteiger partial charge in [-0.25, -0.2) is 0 Å². The lowest BCUT2D eigenvalue weighted by molar-refractivity contribution is -0.135. The minimum absolute atomic E-state index is 0.133. The standard InChI is InChI=1S/C31H30N4O6/c1-34(2)31(38)20-4-6-24(27(15-20)39-3)28-16-25-30(41-28)23(8-11-33-25)19-5-7-26(21(14-19)17-32)40-22-9-12-35(13-10-22)29(37)18-36/h4-8,11,14-16,22,36H,9-10,12-13,18H2,1-3H3. The van der Waals surface area contributed by atoms with Crippen molar-refractivity contribution in [2.24, 2.45) is 0 Å². The predicted molar refractivity (Wildman–Crippen MR) is 151 cm³/mol. The highest BCUT2D eigenvalue weighted by Crippen LogP contribution is 2.38. The number of furan rings is 1. The molecule has 0 atom stereocenters. The molecular weight excluding hydrogens is 524 g/mol. The number of aromatic nitrogens is 1. The van der Waals surface area contributed by atoms with Gasteiger partial charge >= 0.3 is 0 Å². The molecule has 10 nitrogen and oxygen atoms in total. The molecule has 5 rings (SSSR count). The summed E-state index contributed by atoms with van der Waals surface area (Å²) < 4.78 is 18.0. The third kappa shape index (κ3) is 5.58. The molecule has 4 aromatic rings. The third-order valence-corrected chi connectivity index (χ3v) is 7.17. The lowest BCUT2D eigenvalue weighted by Gasteiger charge is -2.32. The monoisotopic (exact) mass is 554 g/mol. The number of pyridine rings is 1. The second-order valence-corrected chi connectivity index (χ2v) is 9.98. The van der Waals surface area contributed by atoms with E-state index in [0.717, 1.165) is 11.1 Å². The fraction of sp³-hybridized carbons (Fsp3) is 0.290. The molecule has 0 spiro atoms. The zero-order valence-electron chi connectivity index (χ0n) is 23.1. The Labute approximate surface area is 237 Å². The molecule has 1 N–H and O–H groups in total. The van der Waals surface area contributed by atoms with Gasteiger partial charge in [0.05, 0.1) is 18.2 Å². The van der Waals surface area contributed by atoms with Crippen molar-refractivity contribution in [3.63, 3.8) is 0 Å². The van der Waals surface area contributed by atoms with Crippen molar-refractivity contribution in [1.29, 1.82) is 5.26 Å². The lowest BCUT2D eigenvalue weighted by atomic mass is 10.0. The van der Waals surface area contributed by atoms with Crippen molar-refractivity contribution in [3.05, 3.63) is 65.9 Å². The van der Waals surface area contributed by atoms with Crippen molar-refractivity contribution in [1.82, 2.24) is 14.8 Å². The number of nitrogens with zero attached hydrogens (tertiary/aromatic N) is 4. The van der Waals surface area contributed by atoms with Crippen molar-refractivity contribution in [3.8, 4) is 40.0 Å². The number of carbonyl (C=O) groups is 2. The van der Waals surface area contributed by atoms with E-state index in [1.54, 1.807) is 62.6 Å². The van der Waals surface area contributed by atoms with Crippen LogP contribution < -0.4 is 9.47 Å². The molecule has 0 aliphatic carbocycles. The number of fused-ring (bicyclic) bond motifs is 1. The van der Waals surface area contributed by atoms with E-state index in [4.69, 9.17) is 19.0 Å². The maximum atomic E-state index is 12.4. The first-order valence-corrected chi connectivity index (χ1v) is 13.2. The highest BCUT2D eigenvalue weighted by atomic mass is 16.5. The molecular formula is C31H30N4O6. The van der Waals surface area contributed by atoms with Gasteiger partial charge in [0.2, 0.25) is 5.91 Å². The Morgan fingerprint density at radius 1 is 1.10 bits per heavy atom. The Bertz CT molecular complexity index is 1650. The number of hydrogen-bond acceptors (Lipinski definition) is 8. The number of rotatable bonds is 7. The molecule has 210 valence electrons. The number of amides is 2. The molecule has 2 aromatic heterocycles. The van der Waals surface area contributed by atoms with Crippen LogP contribution in [-0.2, 0) is 4.79 Å². The van der Waals surface area contributed by atoms with E-state index in [1.165, 1.54) is 4.90 Å². The zero-order chi connectivity index (χ0) is 29.1. The van der Waals surface area contributed by atoms with Gasteiger partial charge in [-0.2, -0.15) is 5.26 Å². The minimum atomic E-state index is -0.497. The second kappa shape index (κ2) is 11.7. The quantitative estimate of drug-likeness (QED) is 0.361. The Morgan fingerprint density at radius 2 is 1.88 bits per heavy atom. The highest BCUT2D eigenvalue weighted by molar-refractivity contribution is 5.96. The molecule has 1 aliphatic heterocycles. The summed E-state index contributed by atoms with van der Waals surface area (Å²) in [6.45, 7) is 0.501. The smallest absolute Gasteiger partial charge is 0.253 e. The molecule has 3 heterocycles. The SMILES string of the molecule is COc1cc(C(=O)N(C)C)ccc1-c1cc2nccc(-c3ccc(OC4CCN(C(=O)CO)CC4)c(C#N)c3)c2o1. The van der Waals surface area contributed by atoms with E-state index < -0.39 is 6.61 Å². The van der Waals surface area contributed by atoms with E-state index >= 15 is 0 Å². The number of ether oxygens (including phenoxy) is 2. The van der Waals surface area contributed by atoms with E-state index in [-0.39, 0.29) is 17.9 Å². The lowest BCUT2D eigenvalue weighted by Crippen LogP contribution is -2.42. The van der Waals surface area contributed by atoms with Crippen LogP contribution in [0.4, 0.5) is 0 Å². The predicted octanol–water partition coefficient (Wildman–Crippen LogP) is 4.11. The van der Waals surface area contributed by atoms with Crippen molar-refractivity contribution >= 4 is 22.9 Å². The summed E-state index contributed by atoms with van der Waals surface area (Å²) in [4.78, 5) is 31.7. The molecule has 1 aliphatic rings. The van der Waals surface area contributed by atoms with Crippen LogP contribution in [0.1, 0.15) is 28.8 Å². The van der Waals surface area contributed by atoms with Gasteiger partial charge in [0.25, 0.3) is 5.91 Å². The second-order valence-electron chi connectivity index (χ2n) is 9.98. The molecule has 1 saturated heterocycles. The molecule has 0 bridgehead atoms. The van der Waals surface area contributed by atoms with Gasteiger partial charge in [-0.15, -0.1) is 0 Å². The molecule has 0 radical (unpaired) electrons. The zero-order valence-corrected chi connectivity index (χ0v) is 23.1. The fourth-order valence-electron chi connectivity index (χ4n) is 4.97. The van der Waals surface area contributed by atoms with Crippen LogP contribution in [0, 0.1) is 11.3 Å². The normalized spacial score (nSPS) is 13.6. The Balaban J connectivity index is 1.43. The summed E-state index contributed by atoms with van der Waals surface area (Å²) >= 11 is 0. The van der Waals surface area contributed by atoms with Gasteiger partial charge in [0.15, 0.2) is 5.58 Å². The summed E-state index contributed by atoms with van der Waals surface area (Å²) in [5, 5.41) is 19.0. The minimum Gasteiger partial charge on any atom is -0.496 e. The van der Waals surface area contributed by atoms with Crippen molar-refractivity contribution < 1.29 is 28.6 Å². The molecule has 10 heteroatoms. The number of methoxy groups -OCH3 is 1. The highest BCUT2D eigenvalue weighted by Gasteiger charge is 2.24. The van der Waals surface area contributed by atoms with Crippen LogP contribution in [0.5, 0.6) is 11.5 Å². The Kier molecular flexibility index (Phi) is 7.90. The fourth-order valence-corrected chi connectivity index (χ4v) is 4.97. The maximum Gasteiger partial charge on any atom is 0.253 e.